The minimum atomic E-state index is -0.603. The van der Waals surface area contributed by atoms with Crippen LogP contribution in [-0.2, 0) is 4.79 Å². The van der Waals surface area contributed by atoms with Crippen LogP contribution in [0.5, 0.6) is 0 Å². The van der Waals surface area contributed by atoms with Crippen LogP contribution < -0.4 is 5.32 Å². The van der Waals surface area contributed by atoms with Crippen molar-refractivity contribution in [2.24, 2.45) is 11.8 Å². The van der Waals surface area contributed by atoms with Crippen LogP contribution in [0.4, 0.5) is 0 Å². The summed E-state index contributed by atoms with van der Waals surface area (Å²) in [7, 11) is 0. The highest BCUT2D eigenvalue weighted by Crippen LogP contribution is 2.33. The fourth-order valence-electron chi connectivity index (χ4n) is 2.68. The first-order valence-corrected chi connectivity index (χ1v) is 5.15. The van der Waals surface area contributed by atoms with Gasteiger partial charge in [-0.1, -0.05) is 13.3 Å². The third-order valence-electron chi connectivity index (χ3n) is 3.41. The maximum atomic E-state index is 11.6. The van der Waals surface area contributed by atoms with Crippen molar-refractivity contribution in [1.82, 2.24) is 5.32 Å². The summed E-state index contributed by atoms with van der Waals surface area (Å²) >= 11 is 0. The zero-order chi connectivity index (χ0) is 9.42. The normalized spacial score (nSPS) is 45.8. The van der Waals surface area contributed by atoms with E-state index in [0.717, 1.165) is 12.8 Å². The molecule has 4 atom stereocenters. The number of fused-ring (bicyclic) bond motifs is 1. The number of aliphatic hydroxyl groups is 1. The molecule has 0 radical (unpaired) electrons. The number of piperidine rings is 1. The number of carbonyl (C=O) groups is 1. The molecule has 0 aromatic carbocycles. The quantitative estimate of drug-likeness (QED) is 0.580. The van der Waals surface area contributed by atoms with Crippen LogP contribution in [-0.4, -0.2) is 23.2 Å². The van der Waals surface area contributed by atoms with Gasteiger partial charge in [0.1, 0.15) is 12.0 Å². The average Bonchev–Trinajstić information content (AvgIpc) is 2.07. The van der Waals surface area contributed by atoms with Gasteiger partial charge in [-0.3, -0.25) is 10.1 Å². The van der Waals surface area contributed by atoms with Crippen LogP contribution >= 0.6 is 0 Å². The number of hydrogen-bond acceptors (Lipinski definition) is 3. The van der Waals surface area contributed by atoms with Crippen molar-refractivity contribution in [1.29, 1.82) is 0 Å². The molecule has 2 N–H and O–H groups in total. The molecule has 2 aliphatic rings. The Morgan fingerprint density at radius 3 is 3.00 bits per heavy atom. The number of nitrogens with one attached hydrogen (secondary N) is 1. The molecule has 1 saturated heterocycles. The molecule has 2 fully saturated rings. The molecule has 0 aromatic rings. The molecule has 1 aliphatic carbocycles. The lowest BCUT2D eigenvalue weighted by Gasteiger charge is -2.41. The third kappa shape index (κ3) is 1.63. The third-order valence-corrected chi connectivity index (χ3v) is 3.41. The average molecular weight is 183 g/mol. The Morgan fingerprint density at radius 1 is 1.46 bits per heavy atom. The van der Waals surface area contributed by atoms with E-state index in [4.69, 9.17) is 0 Å². The number of carbonyl (C=O) groups excluding carboxylic acids is 1. The van der Waals surface area contributed by atoms with E-state index < -0.39 is 6.23 Å². The summed E-state index contributed by atoms with van der Waals surface area (Å²) in [4.78, 5) is 11.6. The standard InChI is InChI=1S/C10H17NO2/c1-6-3-2-4-7-8(12)5-9(13)11-10(6)7/h6-7,9-11,13H,2-5H2,1H3. The maximum Gasteiger partial charge on any atom is 0.141 e. The van der Waals surface area contributed by atoms with E-state index in [9.17, 15) is 9.90 Å². The van der Waals surface area contributed by atoms with E-state index >= 15 is 0 Å². The SMILES string of the molecule is CC1CCCC2C(=O)CC(O)NC12. The monoisotopic (exact) mass is 183 g/mol. The molecule has 3 heteroatoms. The van der Waals surface area contributed by atoms with Crippen molar-refractivity contribution < 1.29 is 9.90 Å². The second-order valence-corrected chi connectivity index (χ2v) is 4.39. The molecule has 0 bridgehead atoms. The second kappa shape index (κ2) is 3.39. The van der Waals surface area contributed by atoms with Crippen molar-refractivity contribution in [2.45, 2.75) is 44.9 Å². The Bertz CT molecular complexity index is 217. The molecule has 0 spiro atoms. The largest absolute Gasteiger partial charge is 0.378 e. The summed E-state index contributed by atoms with van der Waals surface area (Å²) < 4.78 is 0. The summed E-state index contributed by atoms with van der Waals surface area (Å²) in [6, 6.07) is 0.227. The van der Waals surface area contributed by atoms with E-state index in [0.29, 0.717) is 12.3 Å². The van der Waals surface area contributed by atoms with Gasteiger partial charge in [0.05, 0.1) is 0 Å². The molecule has 3 nitrogen and oxygen atoms in total. The number of rotatable bonds is 0. The predicted octanol–water partition coefficient (Wildman–Crippen LogP) is 0.672. The maximum absolute atomic E-state index is 11.6. The summed E-state index contributed by atoms with van der Waals surface area (Å²) in [6.07, 6.45) is 3.04. The van der Waals surface area contributed by atoms with Crippen LogP contribution in [0.1, 0.15) is 32.6 Å². The molecule has 1 heterocycles. The van der Waals surface area contributed by atoms with Gasteiger partial charge in [-0.15, -0.1) is 0 Å². The molecule has 1 aliphatic heterocycles. The number of hydrogen-bond donors (Lipinski definition) is 2. The van der Waals surface area contributed by atoms with Gasteiger partial charge in [0.25, 0.3) is 0 Å². The highest BCUT2D eigenvalue weighted by Gasteiger charge is 2.40. The fraction of sp³-hybridized carbons (Fsp3) is 0.900. The Hall–Kier alpha value is -0.410. The van der Waals surface area contributed by atoms with Gasteiger partial charge >= 0.3 is 0 Å². The Labute approximate surface area is 78.5 Å². The van der Waals surface area contributed by atoms with Gasteiger partial charge in [-0.25, -0.2) is 0 Å². The minimum Gasteiger partial charge on any atom is -0.378 e. The van der Waals surface area contributed by atoms with Crippen molar-refractivity contribution in [2.75, 3.05) is 0 Å². The van der Waals surface area contributed by atoms with Crippen molar-refractivity contribution >= 4 is 5.78 Å². The number of aliphatic hydroxyl groups excluding tert-OH is 1. The highest BCUT2D eigenvalue weighted by molar-refractivity contribution is 5.83. The first-order chi connectivity index (χ1) is 6.18. The first kappa shape index (κ1) is 9.16. The van der Waals surface area contributed by atoms with Crippen molar-refractivity contribution in [3.8, 4) is 0 Å². The van der Waals surface area contributed by atoms with Crippen LogP contribution in [0.2, 0.25) is 0 Å². The van der Waals surface area contributed by atoms with Gasteiger partial charge in [0.2, 0.25) is 0 Å². The number of ketones is 1. The molecule has 0 aromatic heterocycles. The lowest BCUT2D eigenvalue weighted by Crippen LogP contribution is -2.56. The molecule has 4 unspecified atom stereocenters. The smallest absolute Gasteiger partial charge is 0.141 e. The summed E-state index contributed by atoms with van der Waals surface area (Å²) in [5, 5.41) is 12.5. The van der Waals surface area contributed by atoms with E-state index in [1.807, 2.05) is 0 Å². The Balaban J connectivity index is 2.12. The lowest BCUT2D eigenvalue weighted by atomic mass is 9.73. The lowest BCUT2D eigenvalue weighted by molar-refractivity contribution is -0.132. The molecule has 2 rings (SSSR count). The summed E-state index contributed by atoms with van der Waals surface area (Å²) in [6.45, 7) is 2.16. The predicted molar refractivity (Wildman–Crippen MR) is 49.1 cm³/mol. The van der Waals surface area contributed by atoms with Gasteiger partial charge in [-0.2, -0.15) is 0 Å². The molecule has 13 heavy (non-hydrogen) atoms. The van der Waals surface area contributed by atoms with Crippen LogP contribution in [0.3, 0.4) is 0 Å². The molecule has 0 amide bonds. The number of Topliss-reactive ketones (excluding diaryl/α,β-unsaturated/α-hetero) is 1. The van der Waals surface area contributed by atoms with Gasteiger partial charge in [0.15, 0.2) is 0 Å². The zero-order valence-electron chi connectivity index (χ0n) is 7.99. The van der Waals surface area contributed by atoms with Gasteiger partial charge < -0.3 is 5.11 Å². The van der Waals surface area contributed by atoms with E-state index in [1.54, 1.807) is 0 Å². The fourth-order valence-corrected chi connectivity index (χ4v) is 2.68. The second-order valence-electron chi connectivity index (χ2n) is 4.39. The Kier molecular flexibility index (Phi) is 2.39. The molecular weight excluding hydrogens is 166 g/mol. The Morgan fingerprint density at radius 2 is 2.23 bits per heavy atom. The van der Waals surface area contributed by atoms with E-state index in [-0.39, 0.29) is 17.7 Å². The van der Waals surface area contributed by atoms with E-state index in [1.165, 1.54) is 6.42 Å². The first-order valence-electron chi connectivity index (χ1n) is 5.15. The van der Waals surface area contributed by atoms with Crippen LogP contribution in [0, 0.1) is 11.8 Å². The van der Waals surface area contributed by atoms with Gasteiger partial charge in [-0.05, 0) is 18.8 Å². The molecular formula is C10H17NO2. The minimum absolute atomic E-state index is 0.173. The summed E-state index contributed by atoms with van der Waals surface area (Å²) in [5.74, 6) is 0.951. The molecule has 1 saturated carbocycles. The summed E-state index contributed by atoms with van der Waals surface area (Å²) in [5.41, 5.74) is 0. The zero-order valence-corrected chi connectivity index (χ0v) is 7.99. The highest BCUT2D eigenvalue weighted by atomic mass is 16.3. The van der Waals surface area contributed by atoms with Crippen molar-refractivity contribution in [3.05, 3.63) is 0 Å². The van der Waals surface area contributed by atoms with Crippen LogP contribution in [0.25, 0.3) is 0 Å². The van der Waals surface area contributed by atoms with Gasteiger partial charge in [0, 0.05) is 18.4 Å². The molecule has 74 valence electrons. The topological polar surface area (TPSA) is 49.3 Å². The van der Waals surface area contributed by atoms with Crippen molar-refractivity contribution in [3.63, 3.8) is 0 Å². The van der Waals surface area contributed by atoms with E-state index in [2.05, 4.69) is 12.2 Å². The van der Waals surface area contributed by atoms with Crippen LogP contribution in [0.15, 0.2) is 0 Å².